The van der Waals surface area contributed by atoms with E-state index in [2.05, 4.69) is 9.89 Å². The predicted molar refractivity (Wildman–Crippen MR) is 103 cm³/mol. The van der Waals surface area contributed by atoms with E-state index in [1.165, 1.54) is 19.3 Å². The summed E-state index contributed by atoms with van der Waals surface area (Å²) >= 11 is 0. The Morgan fingerprint density at radius 2 is 1.85 bits per heavy atom. The molecule has 26 heavy (non-hydrogen) atoms. The third-order valence-electron chi connectivity index (χ3n) is 5.38. The number of ketones is 1. The van der Waals surface area contributed by atoms with Crippen LogP contribution in [0.3, 0.4) is 0 Å². The number of likely N-dealkylation sites (tertiary alicyclic amines) is 1. The SMILES string of the molecule is NC(=O)C1=NCc2cc3cc(C(=O)CCN4CCCCC4)ccc3cc21. The zero-order valence-corrected chi connectivity index (χ0v) is 14.8. The van der Waals surface area contributed by atoms with E-state index in [0.717, 1.165) is 47.1 Å². The van der Waals surface area contributed by atoms with Crippen molar-refractivity contribution in [2.24, 2.45) is 10.7 Å². The second-order valence-electron chi connectivity index (χ2n) is 7.18. The van der Waals surface area contributed by atoms with Gasteiger partial charge in [-0.05, 0) is 60.5 Å². The molecule has 2 heterocycles. The first-order chi connectivity index (χ1) is 12.6. The maximum atomic E-state index is 12.6. The minimum Gasteiger partial charge on any atom is -0.364 e. The highest BCUT2D eigenvalue weighted by Crippen LogP contribution is 2.27. The first-order valence-electron chi connectivity index (χ1n) is 9.29. The van der Waals surface area contributed by atoms with Gasteiger partial charge in [0.15, 0.2) is 5.78 Å². The Labute approximate surface area is 152 Å². The summed E-state index contributed by atoms with van der Waals surface area (Å²) in [7, 11) is 0. The summed E-state index contributed by atoms with van der Waals surface area (Å²) in [5, 5.41) is 2.00. The fourth-order valence-electron chi connectivity index (χ4n) is 3.92. The van der Waals surface area contributed by atoms with Gasteiger partial charge in [-0.1, -0.05) is 18.6 Å². The number of carbonyl (C=O) groups excluding carboxylic acids is 2. The lowest BCUT2D eigenvalue weighted by atomic mass is 9.96. The Kier molecular flexibility index (Phi) is 4.55. The first-order valence-corrected chi connectivity index (χ1v) is 9.29. The summed E-state index contributed by atoms with van der Waals surface area (Å²) in [4.78, 5) is 30.7. The number of piperidine rings is 1. The van der Waals surface area contributed by atoms with Gasteiger partial charge in [-0.25, -0.2) is 0 Å². The van der Waals surface area contributed by atoms with Crippen molar-refractivity contribution >= 4 is 28.2 Å². The van der Waals surface area contributed by atoms with Crippen LogP contribution in [0.15, 0.2) is 35.3 Å². The molecule has 0 bridgehead atoms. The number of aliphatic imine (C=N–C) groups is 1. The molecule has 2 N–H and O–H groups in total. The number of Topliss-reactive ketones (excluding diaryl/α,β-unsaturated/α-hetero) is 1. The molecule has 0 radical (unpaired) electrons. The lowest BCUT2D eigenvalue weighted by Gasteiger charge is -2.25. The zero-order valence-electron chi connectivity index (χ0n) is 14.8. The summed E-state index contributed by atoms with van der Waals surface area (Å²) in [6, 6.07) is 9.75. The van der Waals surface area contributed by atoms with Gasteiger partial charge in [0, 0.05) is 24.1 Å². The van der Waals surface area contributed by atoms with E-state index in [4.69, 9.17) is 5.73 Å². The number of amides is 1. The van der Waals surface area contributed by atoms with E-state index in [-0.39, 0.29) is 5.78 Å². The normalized spacial score (nSPS) is 17.2. The number of nitrogens with zero attached hydrogens (tertiary/aromatic N) is 2. The summed E-state index contributed by atoms with van der Waals surface area (Å²) in [6.45, 7) is 3.53. The van der Waals surface area contributed by atoms with Crippen LogP contribution in [0.5, 0.6) is 0 Å². The second kappa shape index (κ2) is 7.00. The average Bonchev–Trinajstić information content (AvgIpc) is 3.07. The molecule has 0 unspecified atom stereocenters. The van der Waals surface area contributed by atoms with Crippen LogP contribution in [0.2, 0.25) is 0 Å². The van der Waals surface area contributed by atoms with E-state index >= 15 is 0 Å². The minimum atomic E-state index is -0.493. The molecular formula is C21H23N3O2. The molecule has 1 amide bonds. The zero-order chi connectivity index (χ0) is 18.1. The van der Waals surface area contributed by atoms with Crippen molar-refractivity contribution in [1.82, 2.24) is 4.90 Å². The smallest absolute Gasteiger partial charge is 0.267 e. The molecule has 134 valence electrons. The van der Waals surface area contributed by atoms with Crippen molar-refractivity contribution < 1.29 is 9.59 Å². The molecule has 5 nitrogen and oxygen atoms in total. The highest BCUT2D eigenvalue weighted by Gasteiger charge is 2.21. The molecule has 2 aliphatic heterocycles. The van der Waals surface area contributed by atoms with E-state index in [1.54, 1.807) is 0 Å². The third kappa shape index (κ3) is 3.27. The van der Waals surface area contributed by atoms with E-state index < -0.39 is 5.91 Å². The van der Waals surface area contributed by atoms with Crippen LogP contribution in [0.25, 0.3) is 10.8 Å². The van der Waals surface area contributed by atoms with Gasteiger partial charge in [-0.15, -0.1) is 0 Å². The van der Waals surface area contributed by atoms with Crippen LogP contribution >= 0.6 is 0 Å². The number of carbonyl (C=O) groups is 2. The number of nitrogens with two attached hydrogens (primary N) is 1. The molecule has 2 aromatic rings. The molecule has 0 saturated carbocycles. The lowest BCUT2D eigenvalue weighted by Crippen LogP contribution is -2.31. The molecule has 0 spiro atoms. The molecule has 2 aromatic carbocycles. The number of rotatable bonds is 5. The average molecular weight is 349 g/mol. The van der Waals surface area contributed by atoms with Crippen LogP contribution in [0.4, 0.5) is 0 Å². The quantitative estimate of drug-likeness (QED) is 0.843. The van der Waals surface area contributed by atoms with E-state index in [1.807, 2.05) is 30.3 Å². The Balaban J connectivity index is 1.53. The van der Waals surface area contributed by atoms with Crippen LogP contribution < -0.4 is 5.73 Å². The van der Waals surface area contributed by atoms with Crippen molar-refractivity contribution in [3.8, 4) is 0 Å². The van der Waals surface area contributed by atoms with Gasteiger partial charge in [0.25, 0.3) is 5.91 Å². The molecule has 0 atom stereocenters. The molecular weight excluding hydrogens is 326 g/mol. The summed E-state index contributed by atoms with van der Waals surface area (Å²) in [5.41, 5.74) is 8.30. The maximum Gasteiger partial charge on any atom is 0.267 e. The second-order valence-corrected chi connectivity index (χ2v) is 7.18. The molecule has 2 aliphatic rings. The van der Waals surface area contributed by atoms with Gasteiger partial charge < -0.3 is 10.6 Å². The van der Waals surface area contributed by atoms with Gasteiger partial charge in [0.05, 0.1) is 6.54 Å². The van der Waals surface area contributed by atoms with Crippen molar-refractivity contribution in [2.75, 3.05) is 19.6 Å². The Morgan fingerprint density at radius 3 is 2.62 bits per heavy atom. The van der Waals surface area contributed by atoms with Crippen LogP contribution in [-0.4, -0.2) is 41.9 Å². The molecule has 5 heteroatoms. The first kappa shape index (κ1) is 16.9. The van der Waals surface area contributed by atoms with Crippen LogP contribution in [0.1, 0.15) is 47.2 Å². The molecule has 0 aliphatic carbocycles. The number of hydrogen-bond acceptors (Lipinski definition) is 4. The lowest BCUT2D eigenvalue weighted by molar-refractivity contribution is -0.111. The fourth-order valence-corrected chi connectivity index (χ4v) is 3.92. The van der Waals surface area contributed by atoms with Gasteiger partial charge >= 0.3 is 0 Å². The van der Waals surface area contributed by atoms with Crippen LogP contribution in [0, 0.1) is 0 Å². The van der Waals surface area contributed by atoms with Gasteiger partial charge in [0.1, 0.15) is 5.71 Å². The third-order valence-corrected chi connectivity index (χ3v) is 5.38. The Morgan fingerprint density at radius 1 is 1.04 bits per heavy atom. The summed E-state index contributed by atoms with van der Waals surface area (Å²) < 4.78 is 0. The predicted octanol–water partition coefficient (Wildman–Crippen LogP) is 2.69. The number of hydrogen-bond donors (Lipinski definition) is 1. The molecule has 1 fully saturated rings. The minimum absolute atomic E-state index is 0.187. The van der Waals surface area contributed by atoms with Crippen molar-refractivity contribution in [1.29, 1.82) is 0 Å². The number of primary amides is 1. The highest BCUT2D eigenvalue weighted by molar-refractivity contribution is 6.46. The fraction of sp³-hybridized carbons (Fsp3) is 0.381. The van der Waals surface area contributed by atoms with E-state index in [9.17, 15) is 9.59 Å². The van der Waals surface area contributed by atoms with Gasteiger partial charge in [-0.3, -0.25) is 14.6 Å². The van der Waals surface area contributed by atoms with E-state index in [0.29, 0.717) is 18.7 Å². The Hall–Kier alpha value is -2.53. The largest absolute Gasteiger partial charge is 0.364 e. The molecule has 0 aromatic heterocycles. The van der Waals surface area contributed by atoms with Crippen LogP contribution in [-0.2, 0) is 11.3 Å². The number of benzene rings is 2. The molecule has 1 saturated heterocycles. The van der Waals surface area contributed by atoms with Gasteiger partial charge in [0.2, 0.25) is 0 Å². The molecule has 4 rings (SSSR count). The summed E-state index contributed by atoms with van der Waals surface area (Å²) in [5.74, 6) is -0.306. The summed E-state index contributed by atoms with van der Waals surface area (Å²) in [6.07, 6.45) is 4.35. The maximum absolute atomic E-state index is 12.6. The monoisotopic (exact) mass is 349 g/mol. The van der Waals surface area contributed by atoms with Gasteiger partial charge in [-0.2, -0.15) is 0 Å². The van der Waals surface area contributed by atoms with Crippen molar-refractivity contribution in [3.05, 3.63) is 47.0 Å². The Bertz CT molecular complexity index is 911. The van der Waals surface area contributed by atoms with Crippen molar-refractivity contribution in [2.45, 2.75) is 32.2 Å². The standard InChI is InChI=1S/C21H23N3O2/c22-21(26)20-18-12-14-4-5-15(10-16(14)11-17(18)13-23-20)19(25)6-9-24-7-2-1-3-8-24/h4-5,10-12H,1-3,6-9,13H2,(H2,22,26). The number of fused-ring (bicyclic) bond motifs is 2. The highest BCUT2D eigenvalue weighted by atomic mass is 16.1. The topological polar surface area (TPSA) is 75.8 Å². The van der Waals surface area contributed by atoms with Crippen molar-refractivity contribution in [3.63, 3.8) is 0 Å².